The van der Waals surface area contributed by atoms with Crippen LogP contribution >= 0.6 is 0 Å². The number of ether oxygens (including phenoxy) is 3. The summed E-state index contributed by atoms with van der Waals surface area (Å²) in [5, 5.41) is 0. The molecule has 24 heavy (non-hydrogen) atoms. The maximum absolute atomic E-state index is 11.2. The lowest BCUT2D eigenvalue weighted by Gasteiger charge is -2.10. The van der Waals surface area contributed by atoms with Crippen molar-refractivity contribution >= 4 is 17.9 Å². The first-order valence-electron chi connectivity index (χ1n) is 8.33. The van der Waals surface area contributed by atoms with Gasteiger partial charge in [0.15, 0.2) is 0 Å². The normalized spacial score (nSPS) is 12.1. The van der Waals surface area contributed by atoms with Crippen molar-refractivity contribution in [3.63, 3.8) is 0 Å². The minimum atomic E-state index is -0.421. The van der Waals surface area contributed by atoms with E-state index in [2.05, 4.69) is 6.58 Å². The van der Waals surface area contributed by atoms with Gasteiger partial charge in [0.05, 0.1) is 18.8 Å². The number of hydrogen-bond acceptors (Lipinski definition) is 6. The number of carbonyl (C=O) groups is 3. The van der Waals surface area contributed by atoms with Crippen molar-refractivity contribution in [2.75, 3.05) is 6.61 Å². The summed E-state index contributed by atoms with van der Waals surface area (Å²) in [5.41, 5.74) is 0.363. The Bertz CT molecular complexity index is 402. The second-order valence-electron chi connectivity index (χ2n) is 5.56. The Kier molecular flexibility index (Phi) is 15.0. The van der Waals surface area contributed by atoms with E-state index in [4.69, 9.17) is 14.2 Å². The zero-order valence-corrected chi connectivity index (χ0v) is 15.8. The fraction of sp³-hybridized carbons (Fsp3) is 0.722. The van der Waals surface area contributed by atoms with Gasteiger partial charge in [-0.05, 0) is 40.0 Å². The SMILES string of the molecule is C=C(C)C(=O)OCCCC(=O)OC(C)CC.CCC(C)OC(C)=O. The zero-order valence-electron chi connectivity index (χ0n) is 15.8. The van der Waals surface area contributed by atoms with E-state index in [9.17, 15) is 14.4 Å². The number of esters is 3. The maximum atomic E-state index is 11.2. The van der Waals surface area contributed by atoms with E-state index < -0.39 is 5.97 Å². The minimum Gasteiger partial charge on any atom is -0.463 e. The molecular formula is C18H32O6. The molecule has 140 valence electrons. The van der Waals surface area contributed by atoms with Crippen molar-refractivity contribution in [1.29, 1.82) is 0 Å². The fourth-order valence-corrected chi connectivity index (χ4v) is 1.24. The van der Waals surface area contributed by atoms with Crippen molar-refractivity contribution in [3.05, 3.63) is 12.2 Å². The first-order chi connectivity index (χ1) is 11.1. The van der Waals surface area contributed by atoms with Gasteiger partial charge in [0.1, 0.15) is 0 Å². The van der Waals surface area contributed by atoms with E-state index in [0.717, 1.165) is 12.8 Å². The van der Waals surface area contributed by atoms with Crippen molar-refractivity contribution in [1.82, 2.24) is 0 Å². The van der Waals surface area contributed by atoms with E-state index in [0.29, 0.717) is 12.0 Å². The van der Waals surface area contributed by atoms with Gasteiger partial charge in [-0.3, -0.25) is 9.59 Å². The summed E-state index contributed by atoms with van der Waals surface area (Å²) in [4.78, 5) is 32.4. The first-order valence-corrected chi connectivity index (χ1v) is 8.33. The highest BCUT2D eigenvalue weighted by Gasteiger charge is 2.08. The molecule has 0 rings (SSSR count). The Morgan fingerprint density at radius 2 is 1.46 bits per heavy atom. The van der Waals surface area contributed by atoms with Gasteiger partial charge in [-0.25, -0.2) is 4.79 Å². The third-order valence-corrected chi connectivity index (χ3v) is 2.96. The summed E-state index contributed by atoms with van der Waals surface area (Å²) < 4.78 is 14.7. The third kappa shape index (κ3) is 16.5. The zero-order chi connectivity index (χ0) is 19.1. The average Bonchev–Trinajstić information content (AvgIpc) is 2.50. The second-order valence-corrected chi connectivity index (χ2v) is 5.56. The molecule has 0 aliphatic heterocycles. The standard InChI is InChI=1S/C12H20O4.C6H12O2/c1-5-10(4)16-11(13)7-6-8-15-12(14)9(2)3;1-4-5(2)8-6(3)7/h10H,2,5-8H2,1,3-4H3;5H,4H2,1-3H3. The quantitative estimate of drug-likeness (QED) is 0.275. The molecular weight excluding hydrogens is 312 g/mol. The minimum absolute atomic E-state index is 0.0505. The Hall–Kier alpha value is -1.85. The average molecular weight is 344 g/mol. The van der Waals surface area contributed by atoms with E-state index in [-0.39, 0.29) is 37.2 Å². The van der Waals surface area contributed by atoms with Crippen LogP contribution in [0.15, 0.2) is 12.2 Å². The molecule has 0 aromatic heterocycles. The Balaban J connectivity index is 0. The van der Waals surface area contributed by atoms with Gasteiger partial charge >= 0.3 is 17.9 Å². The molecule has 2 unspecified atom stereocenters. The molecule has 0 fully saturated rings. The molecule has 0 radical (unpaired) electrons. The smallest absolute Gasteiger partial charge is 0.333 e. The topological polar surface area (TPSA) is 78.9 Å². The van der Waals surface area contributed by atoms with Crippen molar-refractivity contribution in [2.24, 2.45) is 0 Å². The lowest BCUT2D eigenvalue weighted by Crippen LogP contribution is -2.14. The Labute approximate surface area is 145 Å². The van der Waals surface area contributed by atoms with Gasteiger partial charge in [-0.1, -0.05) is 20.4 Å². The molecule has 0 saturated heterocycles. The van der Waals surface area contributed by atoms with Crippen LogP contribution in [-0.4, -0.2) is 36.7 Å². The third-order valence-electron chi connectivity index (χ3n) is 2.96. The van der Waals surface area contributed by atoms with Gasteiger partial charge in [-0.2, -0.15) is 0 Å². The summed E-state index contributed by atoms with van der Waals surface area (Å²) >= 11 is 0. The summed E-state index contributed by atoms with van der Waals surface area (Å²) in [6.07, 6.45) is 2.47. The second kappa shape index (κ2) is 14.7. The lowest BCUT2D eigenvalue weighted by molar-refractivity contribution is -0.150. The summed E-state index contributed by atoms with van der Waals surface area (Å²) in [6, 6.07) is 0. The van der Waals surface area contributed by atoms with Crippen LogP contribution in [0, 0.1) is 0 Å². The molecule has 0 saturated carbocycles. The van der Waals surface area contributed by atoms with Crippen LogP contribution in [0.1, 0.15) is 67.2 Å². The molecule has 0 N–H and O–H groups in total. The predicted octanol–water partition coefficient (Wildman–Crippen LogP) is 3.58. The number of carbonyl (C=O) groups excluding carboxylic acids is 3. The highest BCUT2D eigenvalue weighted by atomic mass is 16.5. The van der Waals surface area contributed by atoms with E-state index >= 15 is 0 Å². The van der Waals surface area contributed by atoms with Gasteiger partial charge in [-0.15, -0.1) is 0 Å². The van der Waals surface area contributed by atoms with Crippen LogP contribution in [0.25, 0.3) is 0 Å². The molecule has 2 atom stereocenters. The summed E-state index contributed by atoms with van der Waals surface area (Å²) in [6.45, 7) is 14.3. The Morgan fingerprint density at radius 3 is 1.83 bits per heavy atom. The van der Waals surface area contributed by atoms with Crippen molar-refractivity contribution in [3.8, 4) is 0 Å². The van der Waals surface area contributed by atoms with E-state index in [1.54, 1.807) is 6.92 Å². The van der Waals surface area contributed by atoms with Crippen LogP contribution in [0.3, 0.4) is 0 Å². The van der Waals surface area contributed by atoms with Gasteiger partial charge in [0, 0.05) is 18.9 Å². The van der Waals surface area contributed by atoms with Crippen LogP contribution in [0.5, 0.6) is 0 Å². The highest BCUT2D eigenvalue weighted by molar-refractivity contribution is 5.86. The van der Waals surface area contributed by atoms with Crippen molar-refractivity contribution in [2.45, 2.75) is 79.4 Å². The largest absolute Gasteiger partial charge is 0.463 e. The first kappa shape index (κ1) is 24.4. The van der Waals surface area contributed by atoms with Gasteiger partial charge in [0.2, 0.25) is 0 Å². The Morgan fingerprint density at radius 1 is 0.958 bits per heavy atom. The molecule has 0 aliphatic rings. The highest BCUT2D eigenvalue weighted by Crippen LogP contribution is 2.02. The lowest BCUT2D eigenvalue weighted by atomic mass is 10.3. The molecule has 0 heterocycles. The predicted molar refractivity (Wildman–Crippen MR) is 92.4 cm³/mol. The monoisotopic (exact) mass is 344 g/mol. The maximum Gasteiger partial charge on any atom is 0.333 e. The van der Waals surface area contributed by atoms with Crippen molar-refractivity contribution < 1.29 is 28.6 Å². The summed E-state index contributed by atoms with van der Waals surface area (Å²) in [7, 11) is 0. The molecule has 0 amide bonds. The molecule has 6 heteroatoms. The van der Waals surface area contributed by atoms with Crippen LogP contribution in [0.4, 0.5) is 0 Å². The molecule has 6 nitrogen and oxygen atoms in total. The molecule has 0 aromatic rings. The van der Waals surface area contributed by atoms with Gasteiger partial charge in [0.25, 0.3) is 0 Å². The van der Waals surface area contributed by atoms with E-state index in [1.165, 1.54) is 6.92 Å². The molecule has 0 spiro atoms. The van der Waals surface area contributed by atoms with E-state index in [1.807, 2.05) is 27.7 Å². The fourth-order valence-electron chi connectivity index (χ4n) is 1.24. The van der Waals surface area contributed by atoms with Gasteiger partial charge < -0.3 is 14.2 Å². The molecule has 0 aromatic carbocycles. The number of hydrogen-bond donors (Lipinski definition) is 0. The van der Waals surface area contributed by atoms with Crippen LogP contribution in [-0.2, 0) is 28.6 Å². The van der Waals surface area contributed by atoms with Crippen LogP contribution < -0.4 is 0 Å². The summed E-state index contributed by atoms with van der Waals surface area (Å²) in [5.74, 6) is -0.865. The van der Waals surface area contributed by atoms with Crippen LogP contribution in [0.2, 0.25) is 0 Å². The molecule has 0 bridgehead atoms. The number of rotatable bonds is 9. The molecule has 0 aliphatic carbocycles.